The highest BCUT2D eigenvalue weighted by molar-refractivity contribution is 6.48. The summed E-state index contributed by atoms with van der Waals surface area (Å²) in [6.45, 7) is 18.7. The van der Waals surface area contributed by atoms with Gasteiger partial charge in [-0.1, -0.05) is 80.9 Å². The third-order valence-corrected chi connectivity index (χ3v) is 10.3. The van der Waals surface area contributed by atoms with E-state index in [1.165, 1.54) is 0 Å². The van der Waals surface area contributed by atoms with E-state index >= 15 is 0 Å². The molecule has 0 spiro atoms. The van der Waals surface area contributed by atoms with Crippen LogP contribution in [0.1, 0.15) is 113 Å². The Bertz CT molecular complexity index is 2660. The summed E-state index contributed by atoms with van der Waals surface area (Å²) >= 11 is 0. The monoisotopic (exact) mass is 798 g/mol. The molecule has 0 bridgehead atoms. The number of ketones is 5. The number of benzene rings is 4. The first-order valence-corrected chi connectivity index (χ1v) is 19.9. The summed E-state index contributed by atoms with van der Waals surface area (Å²) in [6.07, 6.45) is 3.56. The summed E-state index contributed by atoms with van der Waals surface area (Å²) < 4.78 is 0. The van der Waals surface area contributed by atoms with E-state index in [1.54, 1.807) is 74.5 Å². The number of amidine groups is 2. The van der Waals surface area contributed by atoms with Crippen molar-refractivity contribution in [3.63, 3.8) is 0 Å². The lowest BCUT2D eigenvalue weighted by Crippen LogP contribution is -2.40. The van der Waals surface area contributed by atoms with Gasteiger partial charge in [0.05, 0.1) is 11.4 Å². The van der Waals surface area contributed by atoms with Crippen LogP contribution in [0.3, 0.4) is 0 Å². The standard InChI is InChI=1S/C51H50N4O5/c1-27-15-28(2)20-37(19-27)45(56)41-13-11-36(10)44(55-50(52-41)47(58)39-23-31(5)17-32(6)24-39)49(60)42-14-12-35(9)43(46(57)38-21-29(3)16-30(4)22-38)54-51(53-42)48(59)40-25-33(7)18-34(8)26-40/h13-26H,11-12H2,1-10H3,(H,52,55)(H,53,54)/b41-13+,42-14+,43-35?,44-36?. The van der Waals surface area contributed by atoms with E-state index in [9.17, 15) is 24.0 Å². The summed E-state index contributed by atoms with van der Waals surface area (Å²) in [7, 11) is 0. The molecule has 0 radical (unpaired) electrons. The van der Waals surface area contributed by atoms with Crippen LogP contribution in [0.2, 0.25) is 0 Å². The average molecular weight is 799 g/mol. The van der Waals surface area contributed by atoms with Gasteiger partial charge in [-0.15, -0.1) is 0 Å². The molecular weight excluding hydrogens is 749 g/mol. The smallest absolute Gasteiger partial charge is 0.228 e. The van der Waals surface area contributed by atoms with Crippen LogP contribution in [0.4, 0.5) is 0 Å². The minimum Gasteiger partial charge on any atom is -0.334 e. The highest BCUT2D eigenvalue weighted by Gasteiger charge is 2.30. The Labute approximate surface area is 351 Å². The first-order valence-electron chi connectivity index (χ1n) is 19.9. The van der Waals surface area contributed by atoms with Gasteiger partial charge in [0, 0.05) is 22.3 Å². The average Bonchev–Trinajstić information content (AvgIpc) is 3.15. The van der Waals surface area contributed by atoms with Gasteiger partial charge in [0.25, 0.3) is 0 Å². The molecule has 9 nitrogen and oxygen atoms in total. The van der Waals surface area contributed by atoms with Gasteiger partial charge in [0.15, 0.2) is 11.7 Å². The number of carbonyl (C=O) groups excluding carboxylic acids is 5. The second-order valence-corrected chi connectivity index (χ2v) is 16.2. The minimum absolute atomic E-state index is 0.0138. The Morgan fingerprint density at radius 2 is 0.767 bits per heavy atom. The highest BCUT2D eigenvalue weighted by atomic mass is 16.1. The number of aliphatic imine (C=N–C) groups is 2. The molecule has 0 amide bonds. The quantitative estimate of drug-likeness (QED) is 0.153. The molecule has 2 aliphatic rings. The van der Waals surface area contributed by atoms with Crippen molar-refractivity contribution in [3.8, 4) is 0 Å². The molecule has 0 aromatic heterocycles. The largest absolute Gasteiger partial charge is 0.334 e. The molecule has 0 atom stereocenters. The normalized spacial score (nSPS) is 16.3. The fraction of sp³-hybridized carbons (Fsp3) is 0.235. The highest BCUT2D eigenvalue weighted by Crippen LogP contribution is 2.25. The molecule has 0 saturated heterocycles. The van der Waals surface area contributed by atoms with Gasteiger partial charge < -0.3 is 10.6 Å². The molecule has 4 aromatic rings. The Hall–Kier alpha value is -6.87. The Balaban J connectivity index is 1.46. The van der Waals surface area contributed by atoms with Crippen LogP contribution < -0.4 is 10.6 Å². The number of hydrogen-bond acceptors (Lipinski definition) is 9. The predicted octanol–water partition coefficient (Wildman–Crippen LogP) is 9.65. The van der Waals surface area contributed by atoms with Gasteiger partial charge in [-0.05, 0) is 142 Å². The lowest BCUT2D eigenvalue weighted by Gasteiger charge is -2.21. The van der Waals surface area contributed by atoms with Gasteiger partial charge in [-0.2, -0.15) is 0 Å². The third-order valence-electron chi connectivity index (χ3n) is 10.3. The van der Waals surface area contributed by atoms with Crippen molar-refractivity contribution in [2.45, 2.75) is 82.1 Å². The molecule has 2 aliphatic heterocycles. The van der Waals surface area contributed by atoms with E-state index in [0.29, 0.717) is 33.4 Å². The number of nitrogens with one attached hydrogen (secondary N) is 2. The molecule has 2 heterocycles. The van der Waals surface area contributed by atoms with Crippen molar-refractivity contribution in [3.05, 3.63) is 186 Å². The molecule has 0 unspecified atom stereocenters. The molecule has 2 N–H and O–H groups in total. The van der Waals surface area contributed by atoms with Crippen LogP contribution in [0.5, 0.6) is 0 Å². The number of rotatable bonds is 10. The maximum atomic E-state index is 14.9. The number of hydrogen-bond donors (Lipinski definition) is 2. The number of aryl methyl sites for hydroxylation is 8. The molecule has 304 valence electrons. The summed E-state index contributed by atoms with van der Waals surface area (Å²) in [6, 6.07) is 21.9. The molecule has 0 saturated carbocycles. The summed E-state index contributed by atoms with van der Waals surface area (Å²) in [5, 5.41) is 6.10. The summed E-state index contributed by atoms with van der Waals surface area (Å²) in [5.41, 5.74) is 9.91. The number of nitrogens with zero attached hydrogens (tertiary/aromatic N) is 2. The molecule has 0 fully saturated rings. The van der Waals surface area contributed by atoms with Crippen LogP contribution in [-0.2, 0) is 4.79 Å². The lowest BCUT2D eigenvalue weighted by atomic mass is 9.97. The second-order valence-electron chi connectivity index (χ2n) is 16.2. The number of Topliss-reactive ketones (excluding diaryl/α,β-unsaturated/α-hetero) is 5. The van der Waals surface area contributed by atoms with Crippen molar-refractivity contribution in [2.75, 3.05) is 0 Å². The Morgan fingerprint density at radius 1 is 0.400 bits per heavy atom. The molecule has 6 rings (SSSR count). The zero-order chi connectivity index (χ0) is 43.6. The van der Waals surface area contributed by atoms with Crippen molar-refractivity contribution in [1.29, 1.82) is 0 Å². The first-order chi connectivity index (χ1) is 28.4. The zero-order valence-corrected chi connectivity index (χ0v) is 35.9. The van der Waals surface area contributed by atoms with Crippen molar-refractivity contribution >= 4 is 40.6 Å². The van der Waals surface area contributed by atoms with Crippen LogP contribution >= 0.6 is 0 Å². The molecule has 9 heteroatoms. The van der Waals surface area contributed by atoms with E-state index in [1.807, 2.05) is 79.7 Å². The van der Waals surface area contributed by atoms with Gasteiger partial charge in [-0.25, -0.2) is 9.98 Å². The predicted molar refractivity (Wildman–Crippen MR) is 238 cm³/mol. The molecule has 4 aromatic carbocycles. The van der Waals surface area contributed by atoms with Gasteiger partial charge in [0.1, 0.15) is 11.4 Å². The topological polar surface area (TPSA) is 134 Å². The number of carbonyl (C=O) groups is 5. The van der Waals surface area contributed by atoms with Crippen molar-refractivity contribution < 1.29 is 24.0 Å². The van der Waals surface area contributed by atoms with Crippen LogP contribution in [0.15, 0.2) is 129 Å². The van der Waals surface area contributed by atoms with E-state index in [2.05, 4.69) is 15.6 Å². The van der Waals surface area contributed by atoms with Crippen LogP contribution in [0.25, 0.3) is 0 Å². The maximum Gasteiger partial charge on any atom is 0.228 e. The Morgan fingerprint density at radius 3 is 1.20 bits per heavy atom. The molecule has 60 heavy (non-hydrogen) atoms. The van der Waals surface area contributed by atoms with E-state index in [4.69, 9.17) is 4.99 Å². The Kier molecular flexibility index (Phi) is 12.5. The summed E-state index contributed by atoms with van der Waals surface area (Å²) in [4.78, 5) is 81.2. The van der Waals surface area contributed by atoms with Crippen molar-refractivity contribution in [1.82, 2.24) is 10.6 Å². The maximum absolute atomic E-state index is 14.9. The fourth-order valence-electron chi connectivity index (χ4n) is 7.66. The van der Waals surface area contributed by atoms with Gasteiger partial charge in [0.2, 0.25) is 28.9 Å². The fourth-order valence-corrected chi connectivity index (χ4v) is 7.66. The van der Waals surface area contributed by atoms with Crippen LogP contribution in [0, 0.1) is 55.4 Å². The minimum atomic E-state index is -0.566. The second kappa shape index (κ2) is 17.5. The van der Waals surface area contributed by atoms with Crippen molar-refractivity contribution in [2.24, 2.45) is 9.98 Å². The SMILES string of the molecule is CC1=C(C(=O)c2cc(C)cc(C)c2)N=C(C(=O)c2cc(C)cc(C)c2)N/C(C(=O)C2=C(C)C/C=C(\C(=O)c3cc(C)cc(C)c3)N=C(C(=O)c3cc(C)cc(C)c3)N2)=C/C1. The van der Waals surface area contributed by atoms with Gasteiger partial charge in [-0.3, -0.25) is 24.0 Å². The van der Waals surface area contributed by atoms with E-state index in [-0.39, 0.29) is 58.9 Å². The zero-order valence-electron chi connectivity index (χ0n) is 35.9. The first kappa shape index (κ1) is 42.7. The van der Waals surface area contributed by atoms with E-state index in [0.717, 1.165) is 44.5 Å². The third kappa shape index (κ3) is 9.69. The van der Waals surface area contributed by atoms with E-state index < -0.39 is 17.3 Å². The molecule has 0 aliphatic carbocycles. The van der Waals surface area contributed by atoms with Gasteiger partial charge >= 0.3 is 0 Å². The summed E-state index contributed by atoms with van der Waals surface area (Å²) in [5.74, 6) is -2.72. The van der Waals surface area contributed by atoms with Crippen LogP contribution in [-0.4, -0.2) is 40.6 Å². The number of allylic oxidation sites excluding steroid dienone is 6. The molecular formula is C51H50N4O5. The lowest BCUT2D eigenvalue weighted by molar-refractivity contribution is -0.112.